The average molecular weight is 585 g/mol. The number of hydrogen-bond donors (Lipinski definition) is 0. The number of aromatic nitrogens is 3. The maximum Gasteiger partial charge on any atom is 0.416 e. The van der Waals surface area contributed by atoms with Crippen LogP contribution in [-0.4, -0.2) is 46.4 Å². The molecule has 6 rings (SSSR count). The van der Waals surface area contributed by atoms with Crippen LogP contribution in [0, 0.1) is 17.2 Å². The van der Waals surface area contributed by atoms with Gasteiger partial charge in [0.05, 0.1) is 27.8 Å². The smallest absolute Gasteiger partial charge is 0.292 e. The Morgan fingerprint density at radius 1 is 1.02 bits per heavy atom. The second-order valence-corrected chi connectivity index (χ2v) is 12.4. The number of rotatable bonds is 5. The standard InChI is InChI=1S/C29H24F4N4O3S/c30-22-7-9-23(10-8-22)37-26-15-20-11-13-36(41(39,40)24-5-3-4-21(14-24)29(31,32)33)18-28(20,16-19(26)17-35-37)27(38)25-6-1-2-12-34-25/h1-10,12,14,17,20H,11,13,15-16,18H2/t20-,28-/m0/s1. The van der Waals surface area contributed by atoms with Gasteiger partial charge in [0.25, 0.3) is 0 Å². The summed E-state index contributed by atoms with van der Waals surface area (Å²) in [7, 11) is -4.36. The molecule has 1 saturated heterocycles. The fourth-order valence-corrected chi connectivity index (χ4v) is 7.59. The molecule has 0 amide bonds. The number of Topliss-reactive ketones (excluding diaryl/α,β-unsaturated/α-hetero) is 1. The molecule has 0 spiro atoms. The number of nitrogens with zero attached hydrogens (tertiary/aromatic N) is 4. The minimum Gasteiger partial charge on any atom is -0.292 e. The van der Waals surface area contributed by atoms with Crippen molar-refractivity contribution in [3.63, 3.8) is 0 Å². The Kier molecular flexibility index (Phi) is 6.57. The topological polar surface area (TPSA) is 85.2 Å². The van der Waals surface area contributed by atoms with E-state index in [2.05, 4.69) is 10.1 Å². The van der Waals surface area contributed by atoms with Crippen molar-refractivity contribution in [2.24, 2.45) is 11.3 Å². The lowest BCUT2D eigenvalue weighted by atomic mass is 9.60. The maximum absolute atomic E-state index is 14.2. The quantitative estimate of drug-likeness (QED) is 0.241. The molecule has 7 nitrogen and oxygen atoms in total. The summed E-state index contributed by atoms with van der Waals surface area (Å²) in [6.45, 7) is -0.187. The highest BCUT2D eigenvalue weighted by molar-refractivity contribution is 7.89. The molecule has 2 atom stereocenters. The van der Waals surface area contributed by atoms with Crippen molar-refractivity contribution in [1.82, 2.24) is 19.1 Å². The number of sulfonamides is 1. The number of halogens is 4. The van der Waals surface area contributed by atoms with Crippen LogP contribution < -0.4 is 0 Å². The number of alkyl halides is 3. The van der Waals surface area contributed by atoms with E-state index in [1.807, 2.05) is 0 Å². The third-order valence-corrected chi connectivity index (χ3v) is 9.93. The van der Waals surface area contributed by atoms with Crippen LogP contribution in [0.15, 0.2) is 84.0 Å². The highest BCUT2D eigenvalue weighted by atomic mass is 32.2. The zero-order valence-corrected chi connectivity index (χ0v) is 22.4. The third kappa shape index (κ3) is 4.74. The lowest BCUT2D eigenvalue weighted by Crippen LogP contribution is -2.57. The average Bonchev–Trinajstić information content (AvgIpc) is 3.38. The zero-order valence-electron chi connectivity index (χ0n) is 21.6. The molecule has 212 valence electrons. The largest absolute Gasteiger partial charge is 0.416 e. The Morgan fingerprint density at radius 2 is 1.80 bits per heavy atom. The molecule has 0 radical (unpaired) electrons. The zero-order chi connectivity index (χ0) is 29.0. The Labute approximate surface area is 233 Å². The summed E-state index contributed by atoms with van der Waals surface area (Å²) in [6, 6.07) is 14.4. The number of ketones is 1. The van der Waals surface area contributed by atoms with Gasteiger partial charge in [0.2, 0.25) is 10.0 Å². The molecule has 0 N–H and O–H groups in total. The fourth-order valence-electron chi connectivity index (χ4n) is 6.02. The summed E-state index contributed by atoms with van der Waals surface area (Å²) < 4.78 is 83.9. The van der Waals surface area contributed by atoms with Crippen molar-refractivity contribution in [1.29, 1.82) is 0 Å². The van der Waals surface area contributed by atoms with Crippen LogP contribution in [0.3, 0.4) is 0 Å². The van der Waals surface area contributed by atoms with Crippen LogP contribution in [0.2, 0.25) is 0 Å². The summed E-state index contributed by atoms with van der Waals surface area (Å²) in [4.78, 5) is 17.9. The van der Waals surface area contributed by atoms with Gasteiger partial charge in [0.15, 0.2) is 5.78 Å². The van der Waals surface area contributed by atoms with Crippen LogP contribution >= 0.6 is 0 Å². The SMILES string of the molecule is O=C(c1ccccn1)[C@]12Cc3cnn(-c4ccc(F)cc4)c3C[C@@H]1CCN(S(=O)(=O)c1cccc(C(F)(F)F)c1)C2. The summed E-state index contributed by atoms with van der Waals surface area (Å²) in [6.07, 6.45) is -0.729. The molecule has 41 heavy (non-hydrogen) atoms. The summed E-state index contributed by atoms with van der Waals surface area (Å²) in [5.41, 5.74) is 0.146. The van der Waals surface area contributed by atoms with Crippen molar-refractivity contribution in [2.75, 3.05) is 13.1 Å². The van der Waals surface area contributed by atoms with Crippen molar-refractivity contribution in [3.8, 4) is 5.69 Å². The van der Waals surface area contributed by atoms with E-state index in [1.54, 1.807) is 41.2 Å². The molecule has 2 aromatic heterocycles. The monoisotopic (exact) mass is 584 g/mol. The Balaban J connectivity index is 1.41. The lowest BCUT2D eigenvalue weighted by Gasteiger charge is -2.49. The maximum atomic E-state index is 14.2. The summed E-state index contributed by atoms with van der Waals surface area (Å²) in [5.74, 6) is -1.01. The number of piperidine rings is 1. The van der Waals surface area contributed by atoms with E-state index in [-0.39, 0.29) is 42.7 Å². The number of carbonyl (C=O) groups is 1. The van der Waals surface area contributed by atoms with Gasteiger partial charge in [-0.15, -0.1) is 0 Å². The first-order valence-electron chi connectivity index (χ1n) is 12.9. The van der Waals surface area contributed by atoms with Crippen LogP contribution in [0.25, 0.3) is 5.69 Å². The van der Waals surface area contributed by atoms with Gasteiger partial charge < -0.3 is 0 Å². The summed E-state index contributed by atoms with van der Waals surface area (Å²) in [5, 5.41) is 4.50. The van der Waals surface area contributed by atoms with Gasteiger partial charge in [-0.05, 0) is 85.3 Å². The molecule has 12 heteroatoms. The Hall–Kier alpha value is -3.90. The van der Waals surface area contributed by atoms with Crippen molar-refractivity contribution in [3.05, 3.63) is 107 Å². The van der Waals surface area contributed by atoms with Gasteiger partial charge in [0.1, 0.15) is 11.5 Å². The predicted octanol–water partition coefficient (Wildman–Crippen LogP) is 5.10. The first kappa shape index (κ1) is 27.3. The van der Waals surface area contributed by atoms with Gasteiger partial charge in [-0.25, -0.2) is 17.5 Å². The number of benzene rings is 2. The van der Waals surface area contributed by atoms with Gasteiger partial charge in [-0.2, -0.15) is 22.6 Å². The molecule has 2 aromatic carbocycles. The molecular formula is C29H24F4N4O3S. The minimum atomic E-state index is -4.71. The lowest BCUT2D eigenvalue weighted by molar-refractivity contribution is -0.137. The van der Waals surface area contributed by atoms with E-state index in [0.29, 0.717) is 24.6 Å². The first-order chi connectivity index (χ1) is 19.5. The van der Waals surface area contributed by atoms with E-state index in [0.717, 1.165) is 33.8 Å². The van der Waals surface area contributed by atoms with Gasteiger partial charge in [-0.1, -0.05) is 12.1 Å². The van der Waals surface area contributed by atoms with Gasteiger partial charge in [-0.3, -0.25) is 9.78 Å². The normalized spacial score (nSPS) is 21.2. The molecule has 1 fully saturated rings. The van der Waals surface area contributed by atoms with Crippen molar-refractivity contribution in [2.45, 2.75) is 30.3 Å². The molecule has 0 saturated carbocycles. The predicted molar refractivity (Wildman–Crippen MR) is 140 cm³/mol. The molecule has 3 heterocycles. The number of pyridine rings is 1. The van der Waals surface area contributed by atoms with Gasteiger partial charge >= 0.3 is 6.18 Å². The third-order valence-electron chi connectivity index (χ3n) is 8.09. The van der Waals surface area contributed by atoms with Gasteiger partial charge in [0, 0.05) is 25.0 Å². The van der Waals surface area contributed by atoms with Crippen LogP contribution in [0.1, 0.15) is 33.7 Å². The van der Waals surface area contributed by atoms with E-state index in [4.69, 9.17) is 0 Å². The van der Waals surface area contributed by atoms with Crippen LogP contribution in [-0.2, 0) is 29.0 Å². The molecule has 0 bridgehead atoms. The van der Waals surface area contributed by atoms with E-state index in [9.17, 15) is 30.8 Å². The fraction of sp³-hybridized carbons (Fsp3) is 0.276. The van der Waals surface area contributed by atoms with Crippen LogP contribution in [0.5, 0.6) is 0 Å². The second kappa shape index (κ2) is 9.88. The first-order valence-corrected chi connectivity index (χ1v) is 14.4. The van der Waals surface area contributed by atoms with E-state index >= 15 is 0 Å². The van der Waals surface area contributed by atoms with E-state index < -0.39 is 32.1 Å². The highest BCUT2D eigenvalue weighted by Crippen LogP contribution is 2.48. The molecule has 2 aliphatic rings. The molecular weight excluding hydrogens is 560 g/mol. The van der Waals surface area contributed by atoms with Crippen molar-refractivity contribution < 1.29 is 30.8 Å². The number of fused-ring (bicyclic) bond motifs is 2. The molecule has 1 aliphatic heterocycles. The second-order valence-electron chi connectivity index (χ2n) is 10.4. The Bertz CT molecular complexity index is 1720. The number of carbonyl (C=O) groups excluding carboxylic acids is 1. The molecule has 0 unspecified atom stereocenters. The van der Waals surface area contributed by atoms with Crippen LogP contribution in [0.4, 0.5) is 17.6 Å². The van der Waals surface area contributed by atoms with Crippen molar-refractivity contribution >= 4 is 15.8 Å². The number of hydrogen-bond acceptors (Lipinski definition) is 5. The summed E-state index contributed by atoms with van der Waals surface area (Å²) >= 11 is 0. The Morgan fingerprint density at radius 3 is 2.51 bits per heavy atom. The highest BCUT2D eigenvalue weighted by Gasteiger charge is 2.54. The molecule has 4 aromatic rings. The minimum absolute atomic E-state index is 0.0283. The molecule has 1 aliphatic carbocycles. The van der Waals surface area contributed by atoms with E-state index in [1.165, 1.54) is 18.3 Å².